The first-order valence-corrected chi connectivity index (χ1v) is 11.1. The van der Waals surface area contributed by atoms with Crippen molar-refractivity contribution in [3.05, 3.63) is 65.7 Å². The third-order valence-corrected chi connectivity index (χ3v) is 6.80. The number of anilines is 1. The van der Waals surface area contributed by atoms with E-state index in [9.17, 15) is 9.90 Å². The number of nitrogens with zero attached hydrogens (tertiary/aromatic N) is 2. The van der Waals surface area contributed by atoms with Crippen molar-refractivity contribution in [1.82, 2.24) is 9.80 Å². The molecule has 2 atom stereocenters. The summed E-state index contributed by atoms with van der Waals surface area (Å²) in [6.07, 6.45) is 3.70. The Bertz CT molecular complexity index is 839. The maximum Gasteiger partial charge on any atom is 0.238 e. The Labute approximate surface area is 179 Å². The van der Waals surface area contributed by atoms with Crippen molar-refractivity contribution in [3.63, 3.8) is 0 Å². The lowest BCUT2D eigenvalue weighted by Gasteiger charge is -2.48. The van der Waals surface area contributed by atoms with Crippen molar-refractivity contribution in [2.45, 2.75) is 44.2 Å². The van der Waals surface area contributed by atoms with E-state index >= 15 is 0 Å². The molecule has 2 aliphatic rings. The molecule has 1 amide bonds. The zero-order valence-electron chi connectivity index (χ0n) is 17.9. The molecule has 30 heavy (non-hydrogen) atoms. The number of hydrogen-bond acceptors (Lipinski definition) is 4. The third kappa shape index (κ3) is 4.75. The summed E-state index contributed by atoms with van der Waals surface area (Å²) >= 11 is 0. The highest BCUT2D eigenvalue weighted by Gasteiger charge is 2.48. The molecular weight excluding hydrogens is 374 g/mol. The van der Waals surface area contributed by atoms with Gasteiger partial charge in [0, 0.05) is 30.9 Å². The van der Waals surface area contributed by atoms with Gasteiger partial charge in [0.25, 0.3) is 0 Å². The molecular formula is C25H33N3O2. The Morgan fingerprint density at radius 2 is 1.87 bits per heavy atom. The number of nitrogens with one attached hydrogen (secondary N) is 1. The third-order valence-electron chi connectivity index (χ3n) is 6.80. The highest BCUT2D eigenvalue weighted by Crippen LogP contribution is 2.38. The smallest absolute Gasteiger partial charge is 0.238 e. The number of carbonyl (C=O) groups is 1. The normalized spacial score (nSPS) is 24.9. The molecule has 0 unspecified atom stereocenters. The SMILES string of the molecule is Cc1ccc(NC(=O)CN2CC[C@@]3(CCCN3CCc3ccccc3)[C@@H](O)C2)cc1. The molecule has 0 radical (unpaired) electrons. The summed E-state index contributed by atoms with van der Waals surface area (Å²) in [5.74, 6) is -0.0191. The van der Waals surface area contributed by atoms with Crippen LogP contribution in [0.1, 0.15) is 30.4 Å². The molecule has 0 aliphatic carbocycles. The van der Waals surface area contributed by atoms with Crippen LogP contribution in [-0.2, 0) is 11.2 Å². The van der Waals surface area contributed by atoms with E-state index in [0.717, 1.165) is 51.0 Å². The maximum atomic E-state index is 12.5. The highest BCUT2D eigenvalue weighted by atomic mass is 16.3. The van der Waals surface area contributed by atoms with Crippen LogP contribution in [0.4, 0.5) is 5.69 Å². The summed E-state index contributed by atoms with van der Waals surface area (Å²) < 4.78 is 0. The molecule has 160 valence electrons. The first kappa shape index (κ1) is 21.0. The van der Waals surface area contributed by atoms with Crippen molar-refractivity contribution in [1.29, 1.82) is 0 Å². The number of aliphatic hydroxyl groups is 1. The number of aliphatic hydroxyl groups excluding tert-OH is 1. The van der Waals surface area contributed by atoms with E-state index in [1.54, 1.807) is 0 Å². The Kier molecular flexibility index (Phi) is 6.52. The summed E-state index contributed by atoms with van der Waals surface area (Å²) in [5, 5.41) is 14.1. The minimum atomic E-state index is -0.420. The largest absolute Gasteiger partial charge is 0.390 e. The van der Waals surface area contributed by atoms with Crippen LogP contribution in [0.15, 0.2) is 54.6 Å². The van der Waals surface area contributed by atoms with Crippen molar-refractivity contribution >= 4 is 11.6 Å². The van der Waals surface area contributed by atoms with Crippen molar-refractivity contribution in [3.8, 4) is 0 Å². The summed E-state index contributed by atoms with van der Waals surface area (Å²) in [4.78, 5) is 17.1. The van der Waals surface area contributed by atoms with Gasteiger partial charge in [-0.15, -0.1) is 0 Å². The molecule has 2 heterocycles. The fraction of sp³-hybridized carbons (Fsp3) is 0.480. The molecule has 2 aromatic rings. The van der Waals surface area contributed by atoms with Gasteiger partial charge >= 0.3 is 0 Å². The second-order valence-electron chi connectivity index (χ2n) is 8.84. The molecule has 2 aromatic carbocycles. The van der Waals surface area contributed by atoms with Gasteiger partial charge in [0.05, 0.1) is 12.6 Å². The second kappa shape index (κ2) is 9.29. The van der Waals surface area contributed by atoms with Gasteiger partial charge in [-0.2, -0.15) is 0 Å². The molecule has 1 spiro atoms. The number of likely N-dealkylation sites (tertiary alicyclic amines) is 2. The first-order chi connectivity index (χ1) is 14.5. The van der Waals surface area contributed by atoms with E-state index in [4.69, 9.17) is 0 Å². The fourth-order valence-electron chi connectivity index (χ4n) is 5.07. The number of amides is 1. The van der Waals surface area contributed by atoms with Crippen LogP contribution in [-0.4, -0.2) is 65.2 Å². The quantitative estimate of drug-likeness (QED) is 0.773. The van der Waals surface area contributed by atoms with Crippen molar-refractivity contribution < 1.29 is 9.90 Å². The van der Waals surface area contributed by atoms with Crippen LogP contribution in [0, 0.1) is 6.92 Å². The monoisotopic (exact) mass is 407 g/mol. The van der Waals surface area contributed by atoms with E-state index < -0.39 is 6.10 Å². The molecule has 0 bridgehead atoms. The summed E-state index contributed by atoms with van der Waals surface area (Å²) in [5.41, 5.74) is 3.21. The standard InChI is InChI=1S/C25H33N3O2/c1-20-8-10-22(11-9-20)26-24(30)19-27-17-14-25(23(29)18-27)13-5-15-28(25)16-12-21-6-3-2-4-7-21/h2-4,6-11,23,29H,5,12-19H2,1H3,(H,26,30)/t23-,25-/m0/s1. The molecule has 0 aromatic heterocycles. The molecule has 2 saturated heterocycles. The van der Waals surface area contributed by atoms with Gasteiger partial charge in [-0.3, -0.25) is 14.6 Å². The summed E-state index contributed by atoms with van der Waals surface area (Å²) in [6, 6.07) is 18.4. The average Bonchev–Trinajstić information content (AvgIpc) is 3.15. The molecule has 2 fully saturated rings. The number of hydrogen-bond donors (Lipinski definition) is 2. The number of β-amino-alcohol motifs (C(OH)–C–C–N with tert-alkyl or cyclic N) is 1. The Morgan fingerprint density at radius 1 is 1.10 bits per heavy atom. The molecule has 5 heteroatoms. The Hall–Kier alpha value is -2.21. The lowest BCUT2D eigenvalue weighted by Crippen LogP contribution is -2.62. The number of piperidine rings is 1. The highest BCUT2D eigenvalue weighted by molar-refractivity contribution is 5.92. The zero-order valence-corrected chi connectivity index (χ0v) is 17.9. The number of aryl methyl sites for hydroxylation is 1. The zero-order chi connectivity index (χ0) is 21.0. The molecule has 5 nitrogen and oxygen atoms in total. The van der Waals surface area contributed by atoms with Crippen LogP contribution in [0.5, 0.6) is 0 Å². The minimum Gasteiger partial charge on any atom is -0.390 e. The predicted molar refractivity (Wildman–Crippen MR) is 121 cm³/mol. The van der Waals surface area contributed by atoms with Crippen molar-refractivity contribution in [2.75, 3.05) is 38.0 Å². The molecule has 2 N–H and O–H groups in total. The van der Waals surface area contributed by atoms with Gasteiger partial charge in [0.2, 0.25) is 5.91 Å². The number of carbonyl (C=O) groups excluding carboxylic acids is 1. The van der Waals surface area contributed by atoms with Gasteiger partial charge < -0.3 is 10.4 Å². The fourth-order valence-corrected chi connectivity index (χ4v) is 5.07. The predicted octanol–water partition coefficient (Wildman–Crippen LogP) is 3.08. The van der Waals surface area contributed by atoms with E-state index in [1.165, 1.54) is 11.1 Å². The molecule has 4 rings (SSSR count). The summed E-state index contributed by atoms with van der Waals surface area (Å²) in [6.45, 7) is 5.80. The Morgan fingerprint density at radius 3 is 2.60 bits per heavy atom. The molecule has 0 saturated carbocycles. The lowest BCUT2D eigenvalue weighted by atomic mass is 9.82. The van der Waals surface area contributed by atoms with E-state index in [0.29, 0.717) is 13.1 Å². The van der Waals surface area contributed by atoms with Crippen LogP contribution in [0.2, 0.25) is 0 Å². The van der Waals surface area contributed by atoms with E-state index in [-0.39, 0.29) is 11.4 Å². The van der Waals surface area contributed by atoms with Crippen molar-refractivity contribution in [2.24, 2.45) is 0 Å². The van der Waals surface area contributed by atoms with E-state index in [2.05, 4.69) is 45.4 Å². The van der Waals surface area contributed by atoms with E-state index in [1.807, 2.05) is 31.2 Å². The van der Waals surface area contributed by atoms with Crippen LogP contribution in [0.3, 0.4) is 0 Å². The average molecular weight is 408 g/mol. The lowest BCUT2D eigenvalue weighted by molar-refractivity contribution is -0.120. The van der Waals surface area contributed by atoms with Gasteiger partial charge in [0.15, 0.2) is 0 Å². The topological polar surface area (TPSA) is 55.8 Å². The van der Waals surface area contributed by atoms with Gasteiger partial charge in [-0.1, -0.05) is 48.0 Å². The number of benzene rings is 2. The minimum absolute atomic E-state index is 0.0191. The van der Waals surface area contributed by atoms with Gasteiger partial charge in [-0.05, 0) is 56.8 Å². The maximum absolute atomic E-state index is 12.5. The summed E-state index contributed by atoms with van der Waals surface area (Å²) in [7, 11) is 0. The van der Waals surface area contributed by atoms with Crippen LogP contribution >= 0.6 is 0 Å². The van der Waals surface area contributed by atoms with Gasteiger partial charge in [0.1, 0.15) is 0 Å². The van der Waals surface area contributed by atoms with Gasteiger partial charge in [-0.25, -0.2) is 0 Å². The Balaban J connectivity index is 1.31. The number of rotatable bonds is 6. The van der Waals surface area contributed by atoms with Crippen LogP contribution < -0.4 is 5.32 Å². The first-order valence-electron chi connectivity index (χ1n) is 11.1. The second-order valence-corrected chi connectivity index (χ2v) is 8.84. The van der Waals surface area contributed by atoms with Crippen LogP contribution in [0.25, 0.3) is 0 Å². The molecule has 2 aliphatic heterocycles.